The summed E-state index contributed by atoms with van der Waals surface area (Å²) in [5, 5.41) is 6.75. The molecule has 14 heavy (non-hydrogen) atoms. The largest absolute Gasteiger partial charge is 0.384 e. The van der Waals surface area contributed by atoms with Gasteiger partial charge in [-0.25, -0.2) is 0 Å². The van der Waals surface area contributed by atoms with Gasteiger partial charge in [-0.1, -0.05) is 18.2 Å². The van der Waals surface area contributed by atoms with Gasteiger partial charge in [-0.2, -0.15) is 0 Å². The summed E-state index contributed by atoms with van der Waals surface area (Å²) in [6, 6.07) is 9.22. The molecule has 2 rings (SSSR count). The Morgan fingerprint density at radius 3 is 3.07 bits per heavy atom. The van der Waals surface area contributed by atoms with E-state index < -0.39 is 0 Å². The van der Waals surface area contributed by atoms with Gasteiger partial charge in [0.25, 0.3) is 0 Å². The van der Waals surface area contributed by atoms with E-state index in [2.05, 4.69) is 41.8 Å². The second-order valence-corrected chi connectivity index (χ2v) is 4.09. The van der Waals surface area contributed by atoms with Crippen LogP contribution in [-0.4, -0.2) is 19.6 Å². The molecule has 2 unspecified atom stereocenters. The molecule has 0 fully saturated rings. The van der Waals surface area contributed by atoms with E-state index in [0.29, 0.717) is 12.0 Å². The number of hydrogen-bond donors (Lipinski definition) is 2. The van der Waals surface area contributed by atoms with E-state index in [9.17, 15) is 0 Å². The molecular weight excluding hydrogens is 172 g/mol. The van der Waals surface area contributed by atoms with Gasteiger partial charge in [0.05, 0.1) is 0 Å². The topological polar surface area (TPSA) is 24.1 Å². The maximum absolute atomic E-state index is 3.45. The normalized spacial score (nSPS) is 21.4. The highest BCUT2D eigenvalue weighted by molar-refractivity contribution is 5.57. The Hall–Kier alpha value is -1.02. The number of rotatable bonds is 3. The summed E-state index contributed by atoms with van der Waals surface area (Å²) in [5.41, 5.74) is 2.80. The quantitative estimate of drug-likeness (QED) is 0.763. The summed E-state index contributed by atoms with van der Waals surface area (Å²) in [5.74, 6) is 0.675. The second-order valence-electron chi connectivity index (χ2n) is 4.09. The van der Waals surface area contributed by atoms with Gasteiger partial charge in [0.15, 0.2) is 0 Å². The molecule has 0 amide bonds. The molecular formula is C12H18N2. The van der Waals surface area contributed by atoms with Crippen molar-refractivity contribution in [3.05, 3.63) is 29.8 Å². The lowest BCUT2D eigenvalue weighted by molar-refractivity contribution is 0.515. The fourth-order valence-electron chi connectivity index (χ4n) is 2.11. The first-order valence-corrected chi connectivity index (χ1v) is 5.31. The van der Waals surface area contributed by atoms with Crippen molar-refractivity contribution in [3.8, 4) is 0 Å². The van der Waals surface area contributed by atoms with Crippen molar-refractivity contribution in [2.45, 2.75) is 25.3 Å². The summed E-state index contributed by atoms with van der Waals surface area (Å²) in [7, 11) is 2.03. The Kier molecular flexibility index (Phi) is 2.73. The van der Waals surface area contributed by atoms with Crippen LogP contribution in [0, 0.1) is 0 Å². The molecule has 1 aliphatic heterocycles. The summed E-state index contributed by atoms with van der Waals surface area (Å²) in [6.45, 7) is 3.33. The van der Waals surface area contributed by atoms with Gasteiger partial charge >= 0.3 is 0 Å². The zero-order valence-corrected chi connectivity index (χ0v) is 8.88. The van der Waals surface area contributed by atoms with Gasteiger partial charge in [-0.15, -0.1) is 0 Å². The predicted molar refractivity (Wildman–Crippen MR) is 60.8 cm³/mol. The molecule has 1 aromatic carbocycles. The van der Waals surface area contributed by atoms with Crippen LogP contribution in [0.4, 0.5) is 5.69 Å². The van der Waals surface area contributed by atoms with E-state index >= 15 is 0 Å². The minimum atomic E-state index is 0.591. The Morgan fingerprint density at radius 2 is 2.29 bits per heavy atom. The van der Waals surface area contributed by atoms with Gasteiger partial charge in [0, 0.05) is 24.2 Å². The molecule has 0 aromatic heterocycles. The Bertz CT molecular complexity index is 309. The van der Waals surface area contributed by atoms with Crippen molar-refractivity contribution in [1.29, 1.82) is 0 Å². The Balaban J connectivity index is 2.10. The first-order valence-electron chi connectivity index (χ1n) is 5.31. The zero-order valence-electron chi connectivity index (χ0n) is 8.88. The molecule has 1 aliphatic rings. The summed E-state index contributed by atoms with van der Waals surface area (Å²) in [6.07, 6.45) is 1.21. The van der Waals surface area contributed by atoms with Crippen LogP contribution >= 0.6 is 0 Å². The van der Waals surface area contributed by atoms with Crippen LogP contribution in [0.2, 0.25) is 0 Å². The van der Waals surface area contributed by atoms with Gasteiger partial charge < -0.3 is 10.6 Å². The first-order chi connectivity index (χ1) is 6.81. The Labute approximate surface area is 85.7 Å². The van der Waals surface area contributed by atoms with Crippen molar-refractivity contribution in [2.24, 2.45) is 0 Å². The smallest absolute Gasteiger partial charge is 0.0376 e. The molecule has 2 atom stereocenters. The highest BCUT2D eigenvalue weighted by Gasteiger charge is 2.22. The lowest BCUT2D eigenvalue weighted by atomic mass is 9.95. The summed E-state index contributed by atoms with van der Waals surface area (Å²) < 4.78 is 0. The molecule has 0 radical (unpaired) electrons. The standard InChI is InChI=1S/C12H18N2/c1-9(13-2)7-10-8-14-12-6-4-3-5-11(10)12/h3-6,9-10,13-14H,7-8H2,1-2H3. The van der Waals surface area contributed by atoms with E-state index in [1.807, 2.05) is 7.05 Å². The highest BCUT2D eigenvalue weighted by Crippen LogP contribution is 2.33. The number of nitrogens with one attached hydrogen (secondary N) is 2. The number of anilines is 1. The first kappa shape index (κ1) is 9.53. The third kappa shape index (κ3) is 1.75. The highest BCUT2D eigenvalue weighted by atomic mass is 14.9. The molecule has 1 heterocycles. The molecule has 0 spiro atoms. The molecule has 2 N–H and O–H groups in total. The average molecular weight is 190 g/mol. The fourth-order valence-corrected chi connectivity index (χ4v) is 2.11. The summed E-state index contributed by atoms with van der Waals surface area (Å²) >= 11 is 0. The van der Waals surface area contributed by atoms with E-state index in [1.54, 1.807) is 0 Å². The molecule has 0 saturated carbocycles. The minimum Gasteiger partial charge on any atom is -0.384 e. The molecule has 2 heteroatoms. The lowest BCUT2D eigenvalue weighted by Crippen LogP contribution is -2.24. The predicted octanol–water partition coefficient (Wildman–Crippen LogP) is 2.19. The number of fused-ring (bicyclic) bond motifs is 1. The second kappa shape index (κ2) is 4.01. The van der Waals surface area contributed by atoms with E-state index in [4.69, 9.17) is 0 Å². The van der Waals surface area contributed by atoms with Gasteiger partial charge in [-0.3, -0.25) is 0 Å². The van der Waals surface area contributed by atoms with Crippen LogP contribution in [0.5, 0.6) is 0 Å². The van der Waals surface area contributed by atoms with E-state index in [-0.39, 0.29) is 0 Å². The fraction of sp³-hybridized carbons (Fsp3) is 0.500. The van der Waals surface area contributed by atoms with Crippen LogP contribution in [0.15, 0.2) is 24.3 Å². The molecule has 0 saturated heterocycles. The lowest BCUT2D eigenvalue weighted by Gasteiger charge is -2.15. The van der Waals surface area contributed by atoms with E-state index in [0.717, 1.165) is 6.54 Å². The van der Waals surface area contributed by atoms with Crippen LogP contribution in [0.25, 0.3) is 0 Å². The zero-order chi connectivity index (χ0) is 9.97. The van der Waals surface area contributed by atoms with Crippen molar-refractivity contribution >= 4 is 5.69 Å². The van der Waals surface area contributed by atoms with Crippen LogP contribution in [-0.2, 0) is 0 Å². The number of hydrogen-bond acceptors (Lipinski definition) is 2. The van der Waals surface area contributed by atoms with Crippen molar-refractivity contribution in [3.63, 3.8) is 0 Å². The van der Waals surface area contributed by atoms with Gasteiger partial charge in [0.2, 0.25) is 0 Å². The summed E-state index contributed by atoms with van der Waals surface area (Å²) in [4.78, 5) is 0. The third-order valence-electron chi connectivity index (χ3n) is 3.07. The van der Waals surface area contributed by atoms with Gasteiger partial charge in [0.1, 0.15) is 0 Å². The average Bonchev–Trinajstić information content (AvgIpc) is 2.62. The number of benzene rings is 1. The maximum Gasteiger partial charge on any atom is 0.0376 e. The van der Waals surface area contributed by atoms with Crippen LogP contribution < -0.4 is 10.6 Å². The SMILES string of the molecule is CNC(C)CC1CNc2ccccc21. The Morgan fingerprint density at radius 1 is 1.50 bits per heavy atom. The monoisotopic (exact) mass is 190 g/mol. The van der Waals surface area contributed by atoms with E-state index in [1.165, 1.54) is 17.7 Å². The van der Waals surface area contributed by atoms with Crippen molar-refractivity contribution in [2.75, 3.05) is 18.9 Å². The number of para-hydroxylation sites is 1. The molecule has 0 aliphatic carbocycles. The third-order valence-corrected chi connectivity index (χ3v) is 3.07. The van der Waals surface area contributed by atoms with Crippen LogP contribution in [0.3, 0.4) is 0 Å². The molecule has 0 bridgehead atoms. The molecule has 1 aromatic rings. The molecule has 2 nitrogen and oxygen atoms in total. The molecule has 76 valence electrons. The van der Waals surface area contributed by atoms with Crippen LogP contribution in [0.1, 0.15) is 24.8 Å². The van der Waals surface area contributed by atoms with Crippen molar-refractivity contribution < 1.29 is 0 Å². The van der Waals surface area contributed by atoms with Gasteiger partial charge in [-0.05, 0) is 32.0 Å². The van der Waals surface area contributed by atoms with Crippen molar-refractivity contribution in [1.82, 2.24) is 5.32 Å². The maximum atomic E-state index is 3.45. The minimum absolute atomic E-state index is 0.591.